The Morgan fingerprint density at radius 3 is 2.07 bits per heavy atom. The first-order chi connectivity index (χ1) is 27.7. The number of aromatic nitrogens is 1. The number of nitrogens with one attached hydrogen (secondary N) is 1. The molecular weight excluding hydrogens is 677 g/mol. The molecule has 0 fully saturated rings. The highest BCUT2D eigenvalue weighted by atomic mass is 15.0. The molecule has 0 saturated heterocycles. The lowest BCUT2D eigenvalue weighted by Gasteiger charge is -2.23. The Morgan fingerprint density at radius 2 is 1.21 bits per heavy atom. The van der Waals surface area contributed by atoms with Crippen LogP contribution in [-0.4, -0.2) is 10.6 Å². The van der Waals surface area contributed by atoms with E-state index >= 15 is 0 Å². The van der Waals surface area contributed by atoms with Crippen LogP contribution in [0.2, 0.25) is 0 Å². The Bertz CT molecular complexity index is 3050. The second-order valence-corrected chi connectivity index (χ2v) is 15.3. The standard InChI is InChI=1S/C54H40N2/c1-35-23-24-38(32-48(35)44-17-8-10-21-50(44)55-42-15-6-3-7-16-42)39-25-26-40-31-41-34-52-54(47-20-12-19-45(53(41)47)49(40)33-39)46-18-9-11-22-51(46)56(52)43-29-27-37(28-30-43)36-13-4-2-5-14-36/h2-15,17-30,32-34,42,55H,16,31H2,1H3. The number of aryl methyl sites for hydroxylation is 1. The predicted molar refractivity (Wildman–Crippen MR) is 238 cm³/mol. The van der Waals surface area contributed by atoms with Crippen molar-refractivity contribution >= 4 is 38.3 Å². The summed E-state index contributed by atoms with van der Waals surface area (Å²) in [4.78, 5) is 0. The molecule has 0 spiro atoms. The maximum Gasteiger partial charge on any atom is 0.0550 e. The summed E-state index contributed by atoms with van der Waals surface area (Å²) < 4.78 is 2.46. The minimum Gasteiger partial charge on any atom is -0.378 e. The fraction of sp³-hybridized carbons (Fsp3) is 0.0741. The molecule has 9 aromatic rings. The van der Waals surface area contributed by atoms with Crippen molar-refractivity contribution < 1.29 is 0 Å². The number of rotatable bonds is 6. The zero-order valence-electron chi connectivity index (χ0n) is 31.3. The van der Waals surface area contributed by atoms with Crippen LogP contribution in [0.1, 0.15) is 23.1 Å². The molecule has 2 heteroatoms. The second kappa shape index (κ2) is 13.1. The summed E-state index contributed by atoms with van der Waals surface area (Å²) in [6.45, 7) is 2.22. The highest BCUT2D eigenvalue weighted by Crippen LogP contribution is 2.46. The van der Waals surface area contributed by atoms with E-state index < -0.39 is 0 Å². The van der Waals surface area contributed by atoms with E-state index in [4.69, 9.17) is 0 Å². The molecule has 1 atom stereocenters. The first kappa shape index (κ1) is 32.5. The number of hydrogen-bond donors (Lipinski definition) is 1. The lowest BCUT2D eigenvalue weighted by Crippen LogP contribution is -2.17. The summed E-state index contributed by atoms with van der Waals surface area (Å²) in [6.07, 6.45) is 10.6. The third-order valence-electron chi connectivity index (χ3n) is 12.0. The molecule has 2 aliphatic rings. The van der Waals surface area contributed by atoms with Gasteiger partial charge in [0.15, 0.2) is 0 Å². The van der Waals surface area contributed by atoms with Gasteiger partial charge in [0, 0.05) is 33.8 Å². The zero-order valence-corrected chi connectivity index (χ0v) is 31.3. The first-order valence-corrected chi connectivity index (χ1v) is 19.8. The number of benzene rings is 8. The highest BCUT2D eigenvalue weighted by Gasteiger charge is 2.24. The molecule has 8 aromatic carbocycles. The summed E-state index contributed by atoms with van der Waals surface area (Å²) in [6, 6.07) is 61.1. The predicted octanol–water partition coefficient (Wildman–Crippen LogP) is 14.1. The Kier molecular flexibility index (Phi) is 7.63. The van der Waals surface area contributed by atoms with Crippen molar-refractivity contribution in [2.24, 2.45) is 0 Å². The summed E-state index contributed by atoms with van der Waals surface area (Å²) >= 11 is 0. The summed E-state index contributed by atoms with van der Waals surface area (Å²) in [5, 5.41) is 9.11. The zero-order chi connectivity index (χ0) is 37.2. The van der Waals surface area contributed by atoms with Gasteiger partial charge in [-0.25, -0.2) is 0 Å². The van der Waals surface area contributed by atoms with Crippen LogP contribution in [0.3, 0.4) is 0 Å². The smallest absolute Gasteiger partial charge is 0.0550 e. The van der Waals surface area contributed by atoms with Crippen molar-refractivity contribution in [2.45, 2.75) is 25.8 Å². The normalized spacial score (nSPS) is 14.4. The third kappa shape index (κ3) is 5.33. The largest absolute Gasteiger partial charge is 0.378 e. The van der Waals surface area contributed by atoms with Crippen molar-refractivity contribution in [2.75, 3.05) is 5.32 Å². The van der Waals surface area contributed by atoms with E-state index in [0.717, 1.165) is 12.8 Å². The van der Waals surface area contributed by atoms with Gasteiger partial charge < -0.3 is 9.88 Å². The second-order valence-electron chi connectivity index (χ2n) is 15.3. The molecule has 0 bridgehead atoms. The van der Waals surface area contributed by atoms with E-state index in [-0.39, 0.29) is 0 Å². The van der Waals surface area contributed by atoms with Gasteiger partial charge >= 0.3 is 0 Å². The Labute approximate surface area is 327 Å². The number of fused-ring (bicyclic) bond motifs is 6. The van der Waals surface area contributed by atoms with Crippen LogP contribution in [0.5, 0.6) is 0 Å². The maximum atomic E-state index is 3.80. The lowest BCUT2D eigenvalue weighted by molar-refractivity contribution is 0.884. The number of nitrogens with zero attached hydrogens (tertiary/aromatic N) is 1. The molecule has 266 valence electrons. The topological polar surface area (TPSA) is 17.0 Å². The molecule has 11 rings (SSSR count). The van der Waals surface area contributed by atoms with E-state index in [1.807, 2.05) is 0 Å². The van der Waals surface area contributed by atoms with Crippen molar-refractivity contribution in [1.82, 2.24) is 4.57 Å². The minimum absolute atomic E-state index is 0.292. The molecule has 1 heterocycles. The third-order valence-corrected chi connectivity index (χ3v) is 12.0. The summed E-state index contributed by atoms with van der Waals surface area (Å²) in [5.74, 6) is 0. The van der Waals surface area contributed by atoms with Crippen LogP contribution in [-0.2, 0) is 6.42 Å². The summed E-state index contributed by atoms with van der Waals surface area (Å²) in [5.41, 5.74) is 19.0. The quantitative estimate of drug-likeness (QED) is 0.181. The van der Waals surface area contributed by atoms with Gasteiger partial charge in [-0.2, -0.15) is 0 Å². The van der Waals surface area contributed by atoms with Gasteiger partial charge in [-0.3, -0.25) is 0 Å². The fourth-order valence-corrected chi connectivity index (χ4v) is 9.29. The maximum absolute atomic E-state index is 3.80. The van der Waals surface area contributed by atoms with E-state index in [9.17, 15) is 0 Å². The number of anilines is 1. The average molecular weight is 717 g/mol. The molecule has 1 N–H and O–H groups in total. The molecule has 1 unspecified atom stereocenters. The van der Waals surface area contributed by atoms with Gasteiger partial charge in [0.05, 0.1) is 11.0 Å². The van der Waals surface area contributed by atoms with E-state index in [2.05, 4.69) is 205 Å². The fourth-order valence-electron chi connectivity index (χ4n) is 9.29. The molecule has 0 aliphatic heterocycles. The van der Waals surface area contributed by atoms with Gasteiger partial charge in [-0.1, -0.05) is 146 Å². The van der Waals surface area contributed by atoms with Crippen molar-refractivity contribution in [1.29, 1.82) is 0 Å². The molecule has 0 amide bonds. The lowest BCUT2D eigenvalue weighted by atomic mass is 9.81. The van der Waals surface area contributed by atoms with Crippen LogP contribution < -0.4 is 5.32 Å². The molecule has 2 nitrogen and oxygen atoms in total. The average Bonchev–Trinajstić information content (AvgIpc) is 3.59. The summed E-state index contributed by atoms with van der Waals surface area (Å²) in [7, 11) is 0. The first-order valence-electron chi connectivity index (χ1n) is 19.8. The van der Waals surface area contributed by atoms with Gasteiger partial charge in [0.2, 0.25) is 0 Å². The molecule has 0 radical (unpaired) electrons. The van der Waals surface area contributed by atoms with Crippen LogP contribution in [0.25, 0.3) is 82.8 Å². The molecular formula is C54H40N2. The van der Waals surface area contributed by atoms with Crippen LogP contribution in [0.4, 0.5) is 5.69 Å². The van der Waals surface area contributed by atoms with E-state index in [1.165, 1.54) is 105 Å². The molecule has 56 heavy (non-hydrogen) atoms. The Morgan fingerprint density at radius 1 is 0.500 bits per heavy atom. The van der Waals surface area contributed by atoms with Crippen molar-refractivity contribution in [3.63, 3.8) is 0 Å². The SMILES string of the molecule is Cc1ccc(-c2ccc3c(c2)-c2cccc4c2c(cc2c4c4ccccc4n2-c2ccc(-c4ccccc4)cc2)C3)cc1-c1ccccc1NC1C=CC=CC1. The van der Waals surface area contributed by atoms with Crippen molar-refractivity contribution in [3.8, 4) is 50.2 Å². The highest BCUT2D eigenvalue weighted by molar-refractivity contribution is 6.24. The number of allylic oxidation sites excluding steroid dienone is 2. The Hall–Kier alpha value is -6.90. The monoisotopic (exact) mass is 716 g/mol. The van der Waals surface area contributed by atoms with E-state index in [1.54, 1.807) is 0 Å². The van der Waals surface area contributed by atoms with E-state index in [0.29, 0.717) is 6.04 Å². The van der Waals surface area contributed by atoms with Gasteiger partial charge in [0.1, 0.15) is 0 Å². The van der Waals surface area contributed by atoms with Crippen LogP contribution >= 0.6 is 0 Å². The molecule has 2 aliphatic carbocycles. The minimum atomic E-state index is 0.292. The number of hydrogen-bond acceptors (Lipinski definition) is 1. The molecule has 0 saturated carbocycles. The van der Waals surface area contributed by atoms with Gasteiger partial charge in [0.25, 0.3) is 0 Å². The van der Waals surface area contributed by atoms with Crippen LogP contribution in [0, 0.1) is 6.92 Å². The van der Waals surface area contributed by atoms with Gasteiger partial charge in [-0.15, -0.1) is 0 Å². The van der Waals surface area contributed by atoms with Crippen molar-refractivity contribution in [3.05, 3.63) is 205 Å². The molecule has 1 aromatic heterocycles. The van der Waals surface area contributed by atoms with Gasteiger partial charge in [-0.05, 0) is 129 Å². The van der Waals surface area contributed by atoms with Crippen LogP contribution in [0.15, 0.2) is 188 Å². The number of para-hydroxylation sites is 2. The Balaban J connectivity index is 1.02.